The van der Waals surface area contributed by atoms with Gasteiger partial charge in [0.25, 0.3) is 0 Å². The van der Waals surface area contributed by atoms with Crippen molar-refractivity contribution in [3.8, 4) is 0 Å². The molecule has 0 aromatic carbocycles. The summed E-state index contributed by atoms with van der Waals surface area (Å²) in [6.07, 6.45) is 7.39. The Balaban J connectivity index is 1.47. The zero-order chi connectivity index (χ0) is 15.4. The van der Waals surface area contributed by atoms with Gasteiger partial charge in [0.2, 0.25) is 5.89 Å². The summed E-state index contributed by atoms with van der Waals surface area (Å²) in [5.41, 5.74) is 0. The van der Waals surface area contributed by atoms with Gasteiger partial charge in [0, 0.05) is 31.2 Å². The maximum Gasteiger partial charge on any atom is 0.208 e. The number of hydrogen-bond donors (Lipinski definition) is 1. The Morgan fingerprint density at radius 2 is 2.14 bits per heavy atom. The van der Waals surface area contributed by atoms with E-state index >= 15 is 0 Å². The van der Waals surface area contributed by atoms with Gasteiger partial charge in [0.1, 0.15) is 17.9 Å². The molecule has 6 nitrogen and oxygen atoms in total. The molecular weight excluding hydrogens is 278 g/mol. The normalized spacial score (nSPS) is 17.0. The van der Waals surface area contributed by atoms with Gasteiger partial charge in [-0.3, -0.25) is 4.90 Å². The fourth-order valence-corrected chi connectivity index (χ4v) is 2.68. The van der Waals surface area contributed by atoms with Crippen molar-refractivity contribution < 1.29 is 4.42 Å². The summed E-state index contributed by atoms with van der Waals surface area (Å²) < 4.78 is 5.78. The van der Waals surface area contributed by atoms with E-state index in [0.29, 0.717) is 12.0 Å². The monoisotopic (exact) mass is 301 g/mol. The van der Waals surface area contributed by atoms with E-state index in [2.05, 4.69) is 39.0 Å². The van der Waals surface area contributed by atoms with Crippen LogP contribution in [-0.4, -0.2) is 39.0 Å². The van der Waals surface area contributed by atoms with Crippen LogP contribution in [0.25, 0.3) is 0 Å². The number of aromatic nitrogens is 3. The predicted octanol–water partition coefficient (Wildman–Crippen LogP) is 2.66. The summed E-state index contributed by atoms with van der Waals surface area (Å²) in [7, 11) is 0. The Kier molecular flexibility index (Phi) is 4.68. The highest BCUT2D eigenvalue weighted by Crippen LogP contribution is 2.19. The molecule has 0 atom stereocenters. The molecule has 1 saturated heterocycles. The Labute approximate surface area is 131 Å². The standard InChI is InChI=1S/C16H23N5O/c1-12(2)14-9-18-16(22-14)10-21-7-4-13(5-8-21)20-15-3-6-17-11-19-15/h3,6,9,11-13H,4-5,7-8,10H2,1-2H3,(H,17,19,20). The van der Waals surface area contributed by atoms with E-state index in [1.807, 2.05) is 12.3 Å². The first kappa shape index (κ1) is 15.0. The minimum absolute atomic E-state index is 0.393. The minimum atomic E-state index is 0.393. The van der Waals surface area contributed by atoms with Crippen LogP contribution in [-0.2, 0) is 6.54 Å². The van der Waals surface area contributed by atoms with Crippen LogP contribution in [0.4, 0.5) is 5.82 Å². The maximum atomic E-state index is 5.78. The second-order valence-corrected chi connectivity index (χ2v) is 6.10. The van der Waals surface area contributed by atoms with Crippen LogP contribution in [0.3, 0.4) is 0 Å². The number of nitrogens with zero attached hydrogens (tertiary/aromatic N) is 4. The Bertz CT molecular complexity index is 575. The lowest BCUT2D eigenvalue weighted by Gasteiger charge is -2.31. The lowest BCUT2D eigenvalue weighted by Crippen LogP contribution is -2.38. The van der Waals surface area contributed by atoms with E-state index in [1.54, 1.807) is 12.5 Å². The minimum Gasteiger partial charge on any atom is -0.444 e. The van der Waals surface area contributed by atoms with Crippen LogP contribution in [0.2, 0.25) is 0 Å². The van der Waals surface area contributed by atoms with Crippen LogP contribution in [0, 0.1) is 0 Å². The molecule has 22 heavy (non-hydrogen) atoms. The first-order valence-electron chi connectivity index (χ1n) is 7.90. The lowest BCUT2D eigenvalue weighted by atomic mass is 10.1. The smallest absolute Gasteiger partial charge is 0.208 e. The van der Waals surface area contributed by atoms with Gasteiger partial charge in [0.15, 0.2) is 0 Å². The zero-order valence-electron chi connectivity index (χ0n) is 13.2. The van der Waals surface area contributed by atoms with Crippen molar-refractivity contribution in [3.05, 3.63) is 36.4 Å². The van der Waals surface area contributed by atoms with Gasteiger partial charge in [-0.15, -0.1) is 0 Å². The number of hydrogen-bond acceptors (Lipinski definition) is 6. The third kappa shape index (κ3) is 3.82. The van der Waals surface area contributed by atoms with E-state index in [9.17, 15) is 0 Å². The summed E-state index contributed by atoms with van der Waals surface area (Å²) in [5, 5.41) is 3.47. The van der Waals surface area contributed by atoms with E-state index in [4.69, 9.17) is 4.42 Å². The second kappa shape index (κ2) is 6.87. The van der Waals surface area contributed by atoms with Crippen LogP contribution >= 0.6 is 0 Å². The molecule has 0 spiro atoms. The van der Waals surface area contributed by atoms with Crippen molar-refractivity contribution in [3.63, 3.8) is 0 Å². The van der Waals surface area contributed by atoms with Crippen molar-refractivity contribution in [1.82, 2.24) is 19.9 Å². The summed E-state index contributed by atoms with van der Waals surface area (Å²) in [6.45, 7) is 7.13. The second-order valence-electron chi connectivity index (χ2n) is 6.10. The number of anilines is 1. The highest BCUT2D eigenvalue weighted by molar-refractivity contribution is 5.33. The average Bonchev–Trinajstić information content (AvgIpc) is 2.99. The topological polar surface area (TPSA) is 67.1 Å². The molecule has 0 amide bonds. The summed E-state index contributed by atoms with van der Waals surface area (Å²) in [5.74, 6) is 3.09. The fourth-order valence-electron chi connectivity index (χ4n) is 2.68. The van der Waals surface area contributed by atoms with E-state index in [1.165, 1.54) is 0 Å². The van der Waals surface area contributed by atoms with E-state index in [-0.39, 0.29) is 0 Å². The molecule has 3 heterocycles. The number of likely N-dealkylation sites (tertiary alicyclic amines) is 1. The molecule has 0 bridgehead atoms. The van der Waals surface area contributed by atoms with Crippen LogP contribution < -0.4 is 5.32 Å². The zero-order valence-corrected chi connectivity index (χ0v) is 13.2. The average molecular weight is 301 g/mol. The molecule has 2 aromatic rings. The number of rotatable bonds is 5. The first-order valence-corrected chi connectivity index (χ1v) is 7.90. The number of oxazole rings is 1. The van der Waals surface area contributed by atoms with Crippen molar-refractivity contribution in [2.45, 2.75) is 45.2 Å². The SMILES string of the molecule is CC(C)c1cnc(CN2CCC(Nc3ccncn3)CC2)o1. The van der Waals surface area contributed by atoms with Crippen LogP contribution in [0.1, 0.15) is 44.3 Å². The molecule has 1 fully saturated rings. The molecule has 0 unspecified atom stereocenters. The van der Waals surface area contributed by atoms with Crippen molar-refractivity contribution in [1.29, 1.82) is 0 Å². The molecule has 6 heteroatoms. The molecule has 1 aliphatic heterocycles. The molecular formula is C16H23N5O. The van der Waals surface area contributed by atoms with Gasteiger partial charge in [-0.25, -0.2) is 15.0 Å². The third-order valence-electron chi connectivity index (χ3n) is 4.02. The quantitative estimate of drug-likeness (QED) is 0.916. The molecule has 0 aliphatic carbocycles. The molecule has 3 rings (SSSR count). The van der Waals surface area contributed by atoms with E-state index < -0.39 is 0 Å². The van der Waals surface area contributed by atoms with Gasteiger partial charge < -0.3 is 9.73 Å². The van der Waals surface area contributed by atoms with Gasteiger partial charge >= 0.3 is 0 Å². The Morgan fingerprint density at radius 3 is 2.77 bits per heavy atom. The Hall–Kier alpha value is -1.95. The molecule has 2 aromatic heterocycles. The number of nitrogens with one attached hydrogen (secondary N) is 1. The van der Waals surface area contributed by atoms with Crippen molar-refractivity contribution in [2.75, 3.05) is 18.4 Å². The summed E-state index contributed by atoms with van der Waals surface area (Å²) in [4.78, 5) is 14.9. The molecule has 1 N–H and O–H groups in total. The van der Waals surface area contributed by atoms with Gasteiger partial charge in [-0.1, -0.05) is 13.8 Å². The maximum absolute atomic E-state index is 5.78. The van der Waals surface area contributed by atoms with Crippen LogP contribution in [0.15, 0.2) is 29.2 Å². The van der Waals surface area contributed by atoms with Gasteiger partial charge in [0.05, 0.1) is 12.7 Å². The molecule has 0 radical (unpaired) electrons. The highest BCUT2D eigenvalue weighted by atomic mass is 16.4. The largest absolute Gasteiger partial charge is 0.444 e. The summed E-state index contributed by atoms with van der Waals surface area (Å²) >= 11 is 0. The lowest BCUT2D eigenvalue weighted by molar-refractivity contribution is 0.191. The molecule has 1 aliphatic rings. The summed E-state index contributed by atoms with van der Waals surface area (Å²) in [6, 6.07) is 2.38. The van der Waals surface area contributed by atoms with E-state index in [0.717, 1.165) is 49.9 Å². The highest BCUT2D eigenvalue weighted by Gasteiger charge is 2.21. The van der Waals surface area contributed by atoms with Crippen molar-refractivity contribution in [2.24, 2.45) is 0 Å². The van der Waals surface area contributed by atoms with Gasteiger partial charge in [-0.05, 0) is 18.9 Å². The predicted molar refractivity (Wildman–Crippen MR) is 84.5 cm³/mol. The number of piperidine rings is 1. The van der Waals surface area contributed by atoms with Crippen LogP contribution in [0.5, 0.6) is 0 Å². The third-order valence-corrected chi connectivity index (χ3v) is 4.02. The fraction of sp³-hybridized carbons (Fsp3) is 0.562. The first-order chi connectivity index (χ1) is 10.7. The van der Waals surface area contributed by atoms with Gasteiger partial charge in [-0.2, -0.15) is 0 Å². The Morgan fingerprint density at radius 1 is 1.32 bits per heavy atom. The van der Waals surface area contributed by atoms with Crippen molar-refractivity contribution >= 4 is 5.82 Å². The molecule has 0 saturated carbocycles. The molecule has 118 valence electrons.